The number of aliphatic carboxylic acids is 1. The van der Waals surface area contributed by atoms with Gasteiger partial charge in [-0.2, -0.15) is 0 Å². The van der Waals surface area contributed by atoms with Crippen molar-refractivity contribution in [1.82, 2.24) is 4.90 Å². The fraction of sp³-hybridized carbons (Fsp3) is 0.286. The van der Waals surface area contributed by atoms with Gasteiger partial charge in [-0.05, 0) is 23.8 Å². The van der Waals surface area contributed by atoms with E-state index < -0.39 is 24.0 Å². The minimum atomic E-state index is -1.10. The van der Waals surface area contributed by atoms with Gasteiger partial charge in [0.2, 0.25) is 5.91 Å². The third-order valence-corrected chi connectivity index (χ3v) is 3.20. The number of hydrogen-bond acceptors (Lipinski definition) is 4. The molecule has 0 bridgehead atoms. The second kappa shape index (κ2) is 5.75. The summed E-state index contributed by atoms with van der Waals surface area (Å²) in [4.78, 5) is 24.2. The number of rotatable bonds is 3. The average molecular weight is 276 g/mol. The third-order valence-electron chi connectivity index (χ3n) is 3.20. The minimum Gasteiger partial charge on any atom is -0.480 e. The molecule has 0 aliphatic carbocycles. The molecule has 0 radical (unpaired) electrons. The van der Waals surface area contributed by atoms with E-state index in [2.05, 4.69) is 0 Å². The molecule has 1 heterocycles. The highest BCUT2D eigenvalue weighted by Crippen LogP contribution is 2.19. The fourth-order valence-corrected chi connectivity index (χ4v) is 2.16. The second-order valence-corrected chi connectivity index (χ2v) is 4.73. The molecule has 2 atom stereocenters. The summed E-state index contributed by atoms with van der Waals surface area (Å²) in [6.07, 6.45) is 2.17. The van der Waals surface area contributed by atoms with Gasteiger partial charge in [-0.3, -0.25) is 4.79 Å². The second-order valence-electron chi connectivity index (χ2n) is 4.73. The number of carbonyl (C=O) groups is 2. The van der Waals surface area contributed by atoms with Gasteiger partial charge in [0.25, 0.3) is 0 Å². The highest BCUT2D eigenvalue weighted by atomic mass is 16.4. The van der Waals surface area contributed by atoms with Crippen molar-refractivity contribution in [2.75, 3.05) is 12.3 Å². The molecule has 1 aromatic rings. The van der Waals surface area contributed by atoms with Crippen molar-refractivity contribution in [2.45, 2.75) is 18.6 Å². The molecular formula is C14H16N2O4. The Labute approximate surface area is 116 Å². The first-order valence-corrected chi connectivity index (χ1v) is 6.22. The lowest BCUT2D eigenvalue weighted by molar-refractivity contribution is -0.146. The Hall–Kier alpha value is -2.34. The molecule has 6 nitrogen and oxygen atoms in total. The van der Waals surface area contributed by atoms with Gasteiger partial charge >= 0.3 is 5.97 Å². The number of amides is 1. The van der Waals surface area contributed by atoms with Crippen molar-refractivity contribution >= 4 is 23.6 Å². The van der Waals surface area contributed by atoms with Crippen LogP contribution in [0.5, 0.6) is 0 Å². The topological polar surface area (TPSA) is 104 Å². The number of carboxylic acids is 1. The van der Waals surface area contributed by atoms with E-state index in [9.17, 15) is 14.7 Å². The summed E-state index contributed by atoms with van der Waals surface area (Å²) < 4.78 is 0. The molecule has 1 saturated heterocycles. The van der Waals surface area contributed by atoms with Gasteiger partial charge in [0.05, 0.1) is 6.10 Å². The molecule has 0 saturated carbocycles. The molecule has 1 aliphatic rings. The van der Waals surface area contributed by atoms with E-state index >= 15 is 0 Å². The van der Waals surface area contributed by atoms with Gasteiger partial charge in [-0.25, -0.2) is 4.79 Å². The molecule has 4 N–H and O–H groups in total. The number of β-amino-alcohol motifs (C(OH)–C–C–N with tert-alkyl or cyclic N) is 1. The largest absolute Gasteiger partial charge is 0.480 e. The number of likely N-dealkylation sites (tertiary alicyclic amines) is 1. The van der Waals surface area contributed by atoms with E-state index in [4.69, 9.17) is 10.8 Å². The lowest BCUT2D eigenvalue weighted by Gasteiger charge is -2.19. The van der Waals surface area contributed by atoms with E-state index in [0.29, 0.717) is 5.69 Å². The molecule has 20 heavy (non-hydrogen) atoms. The number of carboxylic acid groups (broad SMARTS) is 1. The zero-order valence-electron chi connectivity index (χ0n) is 10.8. The quantitative estimate of drug-likeness (QED) is 0.545. The summed E-state index contributed by atoms with van der Waals surface area (Å²) in [5.41, 5.74) is 6.97. The van der Waals surface area contributed by atoms with E-state index in [-0.39, 0.29) is 13.0 Å². The third kappa shape index (κ3) is 3.16. The number of anilines is 1. The summed E-state index contributed by atoms with van der Waals surface area (Å²) >= 11 is 0. The van der Waals surface area contributed by atoms with Gasteiger partial charge in [-0.15, -0.1) is 0 Å². The highest BCUT2D eigenvalue weighted by molar-refractivity contribution is 5.94. The van der Waals surface area contributed by atoms with Crippen LogP contribution in [0, 0.1) is 0 Å². The summed E-state index contributed by atoms with van der Waals surface area (Å²) in [5.74, 6) is -1.53. The molecule has 1 aliphatic heterocycles. The Morgan fingerprint density at radius 2 is 1.95 bits per heavy atom. The summed E-state index contributed by atoms with van der Waals surface area (Å²) in [7, 11) is 0. The summed E-state index contributed by atoms with van der Waals surface area (Å²) in [6.45, 7) is 0.0435. The maximum atomic E-state index is 12.0. The maximum absolute atomic E-state index is 12.0. The Bertz CT molecular complexity index is 539. The predicted molar refractivity (Wildman–Crippen MR) is 73.6 cm³/mol. The Balaban J connectivity index is 2.07. The van der Waals surface area contributed by atoms with Crippen LogP contribution >= 0.6 is 0 Å². The number of nitrogens with two attached hydrogens (primary N) is 1. The zero-order chi connectivity index (χ0) is 14.7. The summed E-state index contributed by atoms with van der Waals surface area (Å²) in [5, 5.41) is 18.5. The van der Waals surface area contributed by atoms with Crippen LogP contribution in [0.3, 0.4) is 0 Å². The molecule has 106 valence electrons. The Morgan fingerprint density at radius 1 is 1.30 bits per heavy atom. The molecule has 0 aromatic heterocycles. The van der Waals surface area contributed by atoms with Gasteiger partial charge in [-0.1, -0.05) is 12.1 Å². The van der Waals surface area contributed by atoms with Gasteiger partial charge in [0.15, 0.2) is 0 Å². The number of nitrogens with zero attached hydrogens (tertiary/aromatic N) is 1. The van der Waals surface area contributed by atoms with Crippen LogP contribution in [0.15, 0.2) is 30.3 Å². The first kappa shape index (κ1) is 14.1. The Kier molecular flexibility index (Phi) is 4.05. The molecule has 1 amide bonds. The molecule has 2 rings (SSSR count). The van der Waals surface area contributed by atoms with Crippen LogP contribution in [0.1, 0.15) is 12.0 Å². The number of carbonyl (C=O) groups excluding carboxylic acids is 1. The average Bonchev–Trinajstić information content (AvgIpc) is 2.80. The van der Waals surface area contributed by atoms with E-state index in [1.807, 2.05) is 0 Å². The van der Waals surface area contributed by atoms with Crippen molar-refractivity contribution in [2.24, 2.45) is 0 Å². The molecule has 1 aromatic carbocycles. The van der Waals surface area contributed by atoms with Crippen molar-refractivity contribution in [3.63, 3.8) is 0 Å². The molecule has 0 unspecified atom stereocenters. The highest BCUT2D eigenvalue weighted by Gasteiger charge is 2.37. The van der Waals surface area contributed by atoms with Crippen molar-refractivity contribution in [1.29, 1.82) is 0 Å². The van der Waals surface area contributed by atoms with Gasteiger partial charge in [0, 0.05) is 24.7 Å². The molecular weight excluding hydrogens is 260 g/mol. The number of aliphatic hydroxyl groups excluding tert-OH is 1. The minimum absolute atomic E-state index is 0.0435. The molecule has 6 heteroatoms. The normalized spacial score (nSPS) is 22.4. The van der Waals surface area contributed by atoms with Crippen LogP contribution in [0.25, 0.3) is 6.08 Å². The predicted octanol–water partition coefficient (Wildman–Crippen LogP) is 0.328. The maximum Gasteiger partial charge on any atom is 0.326 e. The SMILES string of the molecule is Nc1ccc(/C=C/C(=O)N2C[C@H](O)C[C@@H]2C(=O)O)cc1. The molecule has 1 fully saturated rings. The van der Waals surface area contributed by atoms with Gasteiger partial charge < -0.3 is 20.8 Å². The van der Waals surface area contributed by atoms with Crippen molar-refractivity contribution in [3.8, 4) is 0 Å². The van der Waals surface area contributed by atoms with E-state index in [0.717, 1.165) is 5.56 Å². The van der Waals surface area contributed by atoms with E-state index in [1.165, 1.54) is 11.0 Å². The Morgan fingerprint density at radius 3 is 2.55 bits per heavy atom. The lowest BCUT2D eigenvalue weighted by Crippen LogP contribution is -2.39. The first-order valence-electron chi connectivity index (χ1n) is 6.22. The van der Waals surface area contributed by atoms with Crippen LogP contribution in [-0.4, -0.2) is 45.7 Å². The fourth-order valence-electron chi connectivity index (χ4n) is 2.16. The van der Waals surface area contributed by atoms with Crippen LogP contribution in [-0.2, 0) is 9.59 Å². The number of nitrogen functional groups attached to an aromatic ring is 1. The monoisotopic (exact) mass is 276 g/mol. The smallest absolute Gasteiger partial charge is 0.326 e. The number of aliphatic hydroxyl groups is 1. The number of hydrogen-bond donors (Lipinski definition) is 3. The standard InChI is InChI=1S/C14H16N2O4/c15-10-4-1-9(2-5-10)3-6-13(18)16-8-11(17)7-12(16)14(19)20/h1-6,11-12,17H,7-8,15H2,(H,19,20)/b6-3+/t11-,12-/m1/s1. The lowest BCUT2D eigenvalue weighted by atomic mass is 10.2. The number of benzene rings is 1. The van der Waals surface area contributed by atoms with Crippen LogP contribution in [0.2, 0.25) is 0 Å². The summed E-state index contributed by atoms with van der Waals surface area (Å²) in [6, 6.07) is 5.97. The van der Waals surface area contributed by atoms with Crippen LogP contribution in [0.4, 0.5) is 5.69 Å². The first-order chi connectivity index (χ1) is 9.47. The van der Waals surface area contributed by atoms with Crippen molar-refractivity contribution in [3.05, 3.63) is 35.9 Å². The van der Waals surface area contributed by atoms with Crippen molar-refractivity contribution < 1.29 is 19.8 Å². The molecule has 0 spiro atoms. The zero-order valence-corrected chi connectivity index (χ0v) is 10.8. The van der Waals surface area contributed by atoms with E-state index in [1.54, 1.807) is 30.3 Å². The van der Waals surface area contributed by atoms with Crippen LogP contribution < -0.4 is 5.73 Å². The van der Waals surface area contributed by atoms with Gasteiger partial charge in [0.1, 0.15) is 6.04 Å².